The minimum absolute atomic E-state index is 0.158. The maximum Gasteiger partial charge on any atom is 0.0946 e. The Hall–Kier alpha value is -0.340. The van der Waals surface area contributed by atoms with E-state index in [9.17, 15) is 10.2 Å². The van der Waals surface area contributed by atoms with Gasteiger partial charge < -0.3 is 10.2 Å². The minimum atomic E-state index is -0.811. The fourth-order valence-electron chi connectivity index (χ4n) is 5.53. The molecule has 0 aromatic rings. The van der Waals surface area contributed by atoms with Gasteiger partial charge in [0.25, 0.3) is 0 Å². The third kappa shape index (κ3) is 1.18. The summed E-state index contributed by atoms with van der Waals surface area (Å²) in [6.45, 7) is 10.9. The molecule has 0 spiro atoms. The molecule has 0 aromatic heterocycles. The van der Waals surface area contributed by atoms with Crippen LogP contribution in [0.25, 0.3) is 0 Å². The van der Waals surface area contributed by atoms with E-state index in [-0.39, 0.29) is 22.7 Å². The van der Waals surface area contributed by atoms with Gasteiger partial charge in [0.15, 0.2) is 0 Å². The zero-order valence-electron chi connectivity index (χ0n) is 11.2. The molecule has 0 saturated heterocycles. The molecule has 2 nitrogen and oxygen atoms in total. The van der Waals surface area contributed by atoms with Crippen LogP contribution in [0, 0.1) is 22.7 Å². The van der Waals surface area contributed by atoms with Gasteiger partial charge in [-0.15, -0.1) is 0 Å². The standard InChI is InChI=1S/C15H24O2/c1-9-11(16)7-10-8-14(4)6-5-13(2,3)12(14)15(9,10)17/h10-12,16-17H,1,5-8H2,2-4H3/t10?,11-,12?,14-,15+/m0/s1. The number of fused-ring (bicyclic) bond motifs is 3. The molecule has 0 radical (unpaired) electrons. The van der Waals surface area contributed by atoms with Gasteiger partial charge in [0.05, 0.1) is 11.7 Å². The van der Waals surface area contributed by atoms with Crippen LogP contribution in [0.1, 0.15) is 46.5 Å². The highest BCUT2D eigenvalue weighted by molar-refractivity contribution is 5.34. The Balaban J connectivity index is 2.11. The van der Waals surface area contributed by atoms with Crippen LogP contribution in [-0.4, -0.2) is 21.9 Å². The Morgan fingerprint density at radius 3 is 2.53 bits per heavy atom. The van der Waals surface area contributed by atoms with Crippen molar-refractivity contribution in [1.29, 1.82) is 0 Å². The van der Waals surface area contributed by atoms with Gasteiger partial charge in [0.1, 0.15) is 0 Å². The maximum atomic E-state index is 11.2. The summed E-state index contributed by atoms with van der Waals surface area (Å²) in [6, 6.07) is 0. The van der Waals surface area contributed by atoms with E-state index in [0.29, 0.717) is 12.0 Å². The maximum absolute atomic E-state index is 11.2. The van der Waals surface area contributed by atoms with Gasteiger partial charge in [-0.2, -0.15) is 0 Å². The highest BCUT2D eigenvalue weighted by Crippen LogP contribution is 2.71. The lowest BCUT2D eigenvalue weighted by atomic mass is 9.66. The molecule has 0 amide bonds. The Kier molecular flexibility index (Phi) is 2.05. The zero-order valence-corrected chi connectivity index (χ0v) is 11.2. The van der Waals surface area contributed by atoms with Crippen molar-refractivity contribution >= 4 is 0 Å². The molecule has 3 fully saturated rings. The summed E-state index contributed by atoms with van der Waals surface area (Å²) < 4.78 is 0. The molecular formula is C15H24O2. The lowest BCUT2D eigenvalue weighted by molar-refractivity contribution is -0.0402. The largest absolute Gasteiger partial charge is 0.389 e. The molecule has 2 heteroatoms. The van der Waals surface area contributed by atoms with Crippen LogP contribution in [0.4, 0.5) is 0 Å². The van der Waals surface area contributed by atoms with E-state index in [1.807, 2.05) is 0 Å². The van der Waals surface area contributed by atoms with E-state index in [4.69, 9.17) is 0 Å². The van der Waals surface area contributed by atoms with Crippen LogP contribution in [-0.2, 0) is 0 Å². The average molecular weight is 236 g/mol. The molecule has 2 N–H and O–H groups in total. The van der Waals surface area contributed by atoms with Crippen molar-refractivity contribution in [3.8, 4) is 0 Å². The summed E-state index contributed by atoms with van der Waals surface area (Å²) in [7, 11) is 0. The fraction of sp³-hybridized carbons (Fsp3) is 0.867. The summed E-state index contributed by atoms with van der Waals surface area (Å²) in [5.74, 6) is 0.483. The predicted molar refractivity (Wildman–Crippen MR) is 67.4 cm³/mol. The van der Waals surface area contributed by atoms with E-state index in [0.717, 1.165) is 6.42 Å². The smallest absolute Gasteiger partial charge is 0.0946 e. The van der Waals surface area contributed by atoms with Gasteiger partial charge in [-0.1, -0.05) is 27.4 Å². The quantitative estimate of drug-likeness (QED) is 0.634. The Morgan fingerprint density at radius 2 is 1.88 bits per heavy atom. The van der Waals surface area contributed by atoms with Crippen molar-refractivity contribution < 1.29 is 10.2 Å². The zero-order chi connectivity index (χ0) is 12.6. The normalized spacial score (nSPS) is 56.1. The van der Waals surface area contributed by atoms with E-state index >= 15 is 0 Å². The van der Waals surface area contributed by atoms with Crippen molar-refractivity contribution in [2.75, 3.05) is 0 Å². The summed E-state index contributed by atoms with van der Waals surface area (Å²) in [4.78, 5) is 0. The average Bonchev–Trinajstić information content (AvgIpc) is 2.66. The van der Waals surface area contributed by atoms with Crippen LogP contribution < -0.4 is 0 Å². The van der Waals surface area contributed by atoms with E-state index < -0.39 is 11.7 Å². The number of hydrogen-bond donors (Lipinski definition) is 2. The van der Waals surface area contributed by atoms with Crippen molar-refractivity contribution in [3.63, 3.8) is 0 Å². The molecule has 3 rings (SSSR count). The molecular weight excluding hydrogens is 212 g/mol. The number of rotatable bonds is 0. The second kappa shape index (κ2) is 2.97. The molecule has 0 heterocycles. The molecule has 3 saturated carbocycles. The second-order valence-corrected chi connectivity index (χ2v) is 7.58. The van der Waals surface area contributed by atoms with Gasteiger partial charge in [-0.3, -0.25) is 0 Å². The Morgan fingerprint density at radius 1 is 1.24 bits per heavy atom. The Labute approximate surface area is 104 Å². The first-order valence-corrected chi connectivity index (χ1v) is 6.81. The first-order chi connectivity index (χ1) is 7.72. The number of aliphatic hydroxyl groups excluding tert-OH is 1. The summed E-state index contributed by atoms with van der Waals surface area (Å²) in [5.41, 5.74) is 0.275. The van der Waals surface area contributed by atoms with Crippen LogP contribution >= 0.6 is 0 Å². The molecule has 0 aromatic carbocycles. The Bertz CT molecular complexity index is 386. The summed E-state index contributed by atoms with van der Waals surface area (Å²) in [6.07, 6.45) is 3.64. The SMILES string of the molecule is C=C1[C@@H](O)CC2C[C@]3(C)CCC(C)(C)C3[C@@]12O. The van der Waals surface area contributed by atoms with Crippen LogP contribution in [0.3, 0.4) is 0 Å². The highest BCUT2D eigenvalue weighted by atomic mass is 16.3. The highest BCUT2D eigenvalue weighted by Gasteiger charge is 2.70. The van der Waals surface area contributed by atoms with Crippen LogP contribution in [0.2, 0.25) is 0 Å². The lowest BCUT2D eigenvalue weighted by Crippen LogP contribution is -2.46. The molecule has 17 heavy (non-hydrogen) atoms. The third-order valence-corrected chi connectivity index (χ3v) is 6.02. The first kappa shape index (κ1) is 11.7. The van der Waals surface area contributed by atoms with Gasteiger partial charge in [0.2, 0.25) is 0 Å². The van der Waals surface area contributed by atoms with Crippen molar-refractivity contribution in [2.24, 2.45) is 22.7 Å². The fourth-order valence-corrected chi connectivity index (χ4v) is 5.53. The molecule has 3 aliphatic rings. The first-order valence-electron chi connectivity index (χ1n) is 6.81. The molecule has 96 valence electrons. The van der Waals surface area contributed by atoms with Crippen LogP contribution in [0.15, 0.2) is 12.2 Å². The summed E-state index contributed by atoms with van der Waals surface area (Å²) >= 11 is 0. The molecule has 2 unspecified atom stereocenters. The lowest BCUT2D eigenvalue weighted by Gasteiger charge is -2.42. The molecule has 0 aliphatic heterocycles. The molecule has 0 bridgehead atoms. The topological polar surface area (TPSA) is 40.5 Å². The van der Waals surface area contributed by atoms with E-state index in [1.54, 1.807) is 0 Å². The van der Waals surface area contributed by atoms with Gasteiger partial charge in [0, 0.05) is 5.92 Å². The second-order valence-electron chi connectivity index (χ2n) is 7.58. The predicted octanol–water partition coefficient (Wildman–Crippen LogP) is 2.50. The number of hydrogen-bond acceptors (Lipinski definition) is 2. The minimum Gasteiger partial charge on any atom is -0.389 e. The van der Waals surface area contributed by atoms with E-state index in [1.165, 1.54) is 12.8 Å². The molecule has 3 aliphatic carbocycles. The number of aliphatic hydroxyl groups is 2. The van der Waals surface area contributed by atoms with Crippen LogP contribution in [0.5, 0.6) is 0 Å². The van der Waals surface area contributed by atoms with Gasteiger partial charge in [-0.05, 0) is 48.0 Å². The van der Waals surface area contributed by atoms with Gasteiger partial charge in [-0.25, -0.2) is 0 Å². The monoisotopic (exact) mass is 236 g/mol. The van der Waals surface area contributed by atoms with E-state index in [2.05, 4.69) is 27.4 Å². The summed E-state index contributed by atoms with van der Waals surface area (Å²) in [5, 5.41) is 21.2. The van der Waals surface area contributed by atoms with Crippen molar-refractivity contribution in [2.45, 2.75) is 58.2 Å². The van der Waals surface area contributed by atoms with Crippen molar-refractivity contribution in [1.82, 2.24) is 0 Å². The van der Waals surface area contributed by atoms with Crippen molar-refractivity contribution in [3.05, 3.63) is 12.2 Å². The third-order valence-electron chi connectivity index (χ3n) is 6.02. The molecule has 5 atom stereocenters. The van der Waals surface area contributed by atoms with Gasteiger partial charge >= 0.3 is 0 Å².